The maximum Gasteiger partial charge on any atom is 0.405 e. The molecule has 0 spiro atoms. The molecule has 0 saturated carbocycles. The highest BCUT2D eigenvalue weighted by Crippen LogP contribution is 2.28. The number of benzene rings is 1. The summed E-state index contributed by atoms with van der Waals surface area (Å²) >= 11 is 0. The minimum absolute atomic E-state index is 0.0800. The molecule has 2 N–H and O–H groups in total. The summed E-state index contributed by atoms with van der Waals surface area (Å²) in [6, 6.07) is 4.56. The summed E-state index contributed by atoms with van der Waals surface area (Å²) in [5.74, 6) is -1.84. The van der Waals surface area contributed by atoms with Crippen LogP contribution < -0.4 is 10.2 Å². The lowest BCUT2D eigenvalue weighted by Crippen LogP contribution is -2.40. The second kappa shape index (κ2) is 5.63. The Morgan fingerprint density at radius 2 is 2.05 bits per heavy atom. The molecule has 0 radical (unpaired) electrons. The Hall–Kier alpha value is -2.25. The van der Waals surface area contributed by atoms with Crippen molar-refractivity contribution < 1.29 is 27.9 Å². The number of carboxylic acid groups (broad SMARTS) is 1. The lowest BCUT2D eigenvalue weighted by molar-refractivity contribution is -0.137. The topological polar surface area (TPSA) is 69.6 Å². The Labute approximate surface area is 118 Å². The first-order chi connectivity index (χ1) is 9.76. The van der Waals surface area contributed by atoms with E-state index in [0.29, 0.717) is 18.7 Å². The van der Waals surface area contributed by atoms with Gasteiger partial charge in [-0.15, -0.1) is 0 Å². The van der Waals surface area contributed by atoms with Crippen LogP contribution in [0, 0.1) is 0 Å². The van der Waals surface area contributed by atoms with E-state index in [9.17, 15) is 22.8 Å². The third kappa shape index (κ3) is 3.87. The molecule has 2 rings (SSSR count). The van der Waals surface area contributed by atoms with Crippen molar-refractivity contribution in [2.24, 2.45) is 0 Å². The van der Waals surface area contributed by atoms with Gasteiger partial charge in [-0.25, -0.2) is 4.79 Å². The number of amides is 1. The van der Waals surface area contributed by atoms with Gasteiger partial charge in [0.25, 0.3) is 0 Å². The van der Waals surface area contributed by atoms with E-state index in [1.165, 1.54) is 12.1 Å². The lowest BCUT2D eigenvalue weighted by Gasteiger charge is -2.19. The standard InChI is InChI=1S/C13H13F3N2O3/c14-13(15,16)7-17-11(19)6-18-4-3-8-1-2-9(12(20)21)5-10(8)18/h1-2,5H,3-4,6-7H2,(H,17,19)(H,20,21). The minimum atomic E-state index is -4.45. The van der Waals surface area contributed by atoms with Gasteiger partial charge in [-0.2, -0.15) is 13.2 Å². The second-order valence-electron chi connectivity index (χ2n) is 4.71. The molecule has 1 aliphatic rings. The molecule has 1 aromatic rings. The fourth-order valence-corrected chi connectivity index (χ4v) is 2.17. The number of hydrogen-bond donors (Lipinski definition) is 2. The van der Waals surface area contributed by atoms with E-state index in [1.54, 1.807) is 16.3 Å². The van der Waals surface area contributed by atoms with E-state index in [2.05, 4.69) is 0 Å². The van der Waals surface area contributed by atoms with Gasteiger partial charge >= 0.3 is 12.1 Å². The quantitative estimate of drug-likeness (QED) is 0.882. The van der Waals surface area contributed by atoms with Crippen LogP contribution in [-0.4, -0.2) is 42.8 Å². The normalized spacial score (nSPS) is 14.0. The molecule has 1 aliphatic heterocycles. The molecule has 1 aromatic carbocycles. The zero-order chi connectivity index (χ0) is 15.6. The summed E-state index contributed by atoms with van der Waals surface area (Å²) in [6.07, 6.45) is -3.82. The van der Waals surface area contributed by atoms with Crippen molar-refractivity contribution in [1.29, 1.82) is 0 Å². The van der Waals surface area contributed by atoms with Gasteiger partial charge in [0, 0.05) is 12.2 Å². The van der Waals surface area contributed by atoms with Gasteiger partial charge < -0.3 is 15.3 Å². The molecule has 0 fully saturated rings. The van der Waals surface area contributed by atoms with Gasteiger partial charge in [-0.3, -0.25) is 4.79 Å². The van der Waals surface area contributed by atoms with Crippen LogP contribution in [0.15, 0.2) is 18.2 Å². The van der Waals surface area contributed by atoms with Crippen LogP contribution in [0.25, 0.3) is 0 Å². The van der Waals surface area contributed by atoms with Crippen molar-refractivity contribution in [3.8, 4) is 0 Å². The van der Waals surface area contributed by atoms with Crippen molar-refractivity contribution in [2.75, 3.05) is 24.5 Å². The second-order valence-corrected chi connectivity index (χ2v) is 4.71. The summed E-state index contributed by atoms with van der Waals surface area (Å²) in [4.78, 5) is 24.0. The molecule has 0 bridgehead atoms. The number of fused-ring (bicyclic) bond motifs is 1. The third-order valence-electron chi connectivity index (χ3n) is 3.14. The molecule has 0 atom stereocenters. The van der Waals surface area contributed by atoms with Crippen LogP contribution in [0.3, 0.4) is 0 Å². The van der Waals surface area contributed by atoms with Gasteiger partial charge in [0.05, 0.1) is 12.1 Å². The van der Waals surface area contributed by atoms with E-state index < -0.39 is 24.6 Å². The first-order valence-electron chi connectivity index (χ1n) is 6.21. The molecule has 1 heterocycles. The van der Waals surface area contributed by atoms with Gasteiger partial charge in [0.2, 0.25) is 5.91 Å². The molecule has 0 saturated heterocycles. The fourth-order valence-electron chi connectivity index (χ4n) is 2.17. The van der Waals surface area contributed by atoms with Crippen molar-refractivity contribution in [1.82, 2.24) is 5.32 Å². The predicted octanol–water partition coefficient (Wildman–Crippen LogP) is 1.43. The van der Waals surface area contributed by atoms with Crippen molar-refractivity contribution >= 4 is 17.6 Å². The molecule has 0 unspecified atom stereocenters. The molecule has 1 amide bonds. The predicted molar refractivity (Wildman–Crippen MR) is 68.4 cm³/mol. The Bertz CT molecular complexity index is 572. The molecule has 0 aliphatic carbocycles. The van der Waals surface area contributed by atoms with Gasteiger partial charge in [0.15, 0.2) is 0 Å². The number of alkyl halides is 3. The zero-order valence-electron chi connectivity index (χ0n) is 10.9. The number of halogens is 3. The zero-order valence-corrected chi connectivity index (χ0v) is 10.9. The number of nitrogens with one attached hydrogen (secondary N) is 1. The Morgan fingerprint density at radius 3 is 2.67 bits per heavy atom. The van der Waals surface area contributed by atoms with Crippen LogP contribution in [0.1, 0.15) is 15.9 Å². The van der Waals surface area contributed by atoms with Gasteiger partial charge in [-0.1, -0.05) is 6.07 Å². The summed E-state index contributed by atoms with van der Waals surface area (Å²) in [5.41, 5.74) is 1.54. The minimum Gasteiger partial charge on any atom is -0.478 e. The van der Waals surface area contributed by atoms with Crippen molar-refractivity contribution in [3.05, 3.63) is 29.3 Å². The number of carbonyl (C=O) groups excluding carboxylic acids is 1. The third-order valence-corrected chi connectivity index (χ3v) is 3.14. The molecule has 21 heavy (non-hydrogen) atoms. The molecule has 8 heteroatoms. The molecule has 114 valence electrons. The number of rotatable bonds is 4. The first-order valence-corrected chi connectivity index (χ1v) is 6.21. The maximum absolute atomic E-state index is 12.0. The van der Waals surface area contributed by atoms with Crippen LogP contribution in [0.5, 0.6) is 0 Å². The highest BCUT2D eigenvalue weighted by atomic mass is 19.4. The van der Waals surface area contributed by atoms with Crippen molar-refractivity contribution in [2.45, 2.75) is 12.6 Å². The largest absolute Gasteiger partial charge is 0.478 e. The van der Waals surface area contributed by atoms with Gasteiger partial charge in [-0.05, 0) is 24.1 Å². The highest BCUT2D eigenvalue weighted by molar-refractivity contribution is 5.90. The average molecular weight is 302 g/mol. The molecule has 5 nitrogen and oxygen atoms in total. The maximum atomic E-state index is 12.0. The Morgan fingerprint density at radius 1 is 1.33 bits per heavy atom. The summed E-state index contributed by atoms with van der Waals surface area (Å²) in [6.45, 7) is -1.13. The van der Waals surface area contributed by atoms with E-state index >= 15 is 0 Å². The summed E-state index contributed by atoms with van der Waals surface area (Å²) < 4.78 is 36.1. The summed E-state index contributed by atoms with van der Waals surface area (Å²) in [7, 11) is 0. The molecular weight excluding hydrogens is 289 g/mol. The number of hydrogen-bond acceptors (Lipinski definition) is 3. The number of aromatic carboxylic acids is 1. The number of carboxylic acids is 1. The van der Waals surface area contributed by atoms with Gasteiger partial charge in [0.1, 0.15) is 6.54 Å². The Balaban J connectivity index is 2.03. The van der Waals surface area contributed by atoms with Crippen LogP contribution >= 0.6 is 0 Å². The lowest BCUT2D eigenvalue weighted by atomic mass is 10.1. The monoisotopic (exact) mass is 302 g/mol. The SMILES string of the molecule is O=C(CN1CCc2ccc(C(=O)O)cc21)NCC(F)(F)F. The average Bonchev–Trinajstić information content (AvgIpc) is 2.78. The van der Waals surface area contributed by atoms with Crippen LogP contribution in [-0.2, 0) is 11.2 Å². The molecular formula is C13H13F3N2O3. The van der Waals surface area contributed by atoms with E-state index in [1.807, 2.05) is 0 Å². The molecule has 0 aromatic heterocycles. The smallest absolute Gasteiger partial charge is 0.405 e. The number of anilines is 1. The number of carbonyl (C=O) groups is 2. The Kier molecular flexibility index (Phi) is 4.06. The van der Waals surface area contributed by atoms with Crippen LogP contribution in [0.2, 0.25) is 0 Å². The summed E-state index contributed by atoms with van der Waals surface area (Å²) in [5, 5.41) is 10.7. The highest BCUT2D eigenvalue weighted by Gasteiger charge is 2.29. The number of nitrogens with zero attached hydrogens (tertiary/aromatic N) is 1. The van der Waals surface area contributed by atoms with E-state index in [0.717, 1.165) is 5.56 Å². The fraction of sp³-hybridized carbons (Fsp3) is 0.385. The first kappa shape index (κ1) is 15.1. The van der Waals surface area contributed by atoms with E-state index in [4.69, 9.17) is 5.11 Å². The van der Waals surface area contributed by atoms with E-state index in [-0.39, 0.29) is 12.1 Å². The van der Waals surface area contributed by atoms with Crippen LogP contribution in [0.4, 0.5) is 18.9 Å². The van der Waals surface area contributed by atoms with Crippen molar-refractivity contribution in [3.63, 3.8) is 0 Å².